The fourth-order valence-electron chi connectivity index (χ4n) is 3.75. The number of fused-ring (bicyclic) bond motifs is 1. The number of benzene rings is 1. The first kappa shape index (κ1) is 25.4. The molecule has 0 unspecified atom stereocenters. The van der Waals surface area contributed by atoms with Crippen molar-refractivity contribution in [3.8, 4) is 6.08 Å². The van der Waals surface area contributed by atoms with Crippen molar-refractivity contribution in [2.75, 3.05) is 19.8 Å². The largest absolute Gasteiger partial charge is 0.522 e. The maximum Gasteiger partial charge on any atom is 0.522 e. The average molecular weight is 530 g/mol. The van der Waals surface area contributed by atoms with Crippen LogP contribution in [0, 0.1) is 0 Å². The zero-order valence-electron chi connectivity index (χ0n) is 18.4. The van der Waals surface area contributed by atoms with Crippen LogP contribution >= 0.6 is 11.6 Å². The van der Waals surface area contributed by atoms with Gasteiger partial charge in [-0.1, -0.05) is 22.8 Å². The van der Waals surface area contributed by atoms with E-state index in [-0.39, 0.29) is 24.6 Å². The first-order valence-corrected chi connectivity index (χ1v) is 11.0. The summed E-state index contributed by atoms with van der Waals surface area (Å²) in [5.41, 5.74) is 0.169. The molecule has 1 aliphatic rings. The second-order valence-electron chi connectivity index (χ2n) is 7.81. The molecule has 1 saturated heterocycles. The third-order valence-electron chi connectivity index (χ3n) is 5.36. The monoisotopic (exact) mass is 529 g/mol. The number of ether oxygens (including phenoxy) is 2. The van der Waals surface area contributed by atoms with E-state index in [9.17, 15) is 27.9 Å². The van der Waals surface area contributed by atoms with Gasteiger partial charge in [0.25, 0.3) is 5.91 Å². The molecule has 3 heterocycles. The number of carboxylic acid groups (broad SMARTS) is 1. The molecule has 2 amide bonds. The number of hydrogen-bond acceptors (Lipinski definition) is 8. The van der Waals surface area contributed by atoms with Crippen LogP contribution in [0.3, 0.4) is 0 Å². The van der Waals surface area contributed by atoms with Gasteiger partial charge < -0.3 is 19.6 Å². The van der Waals surface area contributed by atoms with Gasteiger partial charge in [0.15, 0.2) is 0 Å². The SMILES string of the molecule is O=C(N[C@H]1CC[C@H](c2nnc(OCCOC(F)(F)F)o2)N(C(=O)O)C1)c1cc2ccc(Cl)cc2cn1. The topological polar surface area (TPSA) is 140 Å². The molecule has 2 atom stereocenters. The molecule has 3 aromatic rings. The summed E-state index contributed by atoms with van der Waals surface area (Å²) in [4.78, 5) is 29.8. The third kappa shape index (κ3) is 6.31. The molecular weight excluding hydrogens is 511 g/mol. The van der Waals surface area contributed by atoms with Crippen LogP contribution in [0.25, 0.3) is 10.8 Å². The Kier molecular flexibility index (Phi) is 7.45. The lowest BCUT2D eigenvalue weighted by molar-refractivity contribution is -0.325. The van der Waals surface area contributed by atoms with E-state index in [1.54, 1.807) is 24.3 Å². The molecule has 36 heavy (non-hydrogen) atoms. The number of halogens is 4. The molecule has 2 aromatic heterocycles. The lowest BCUT2D eigenvalue weighted by Crippen LogP contribution is -2.50. The van der Waals surface area contributed by atoms with Crippen LogP contribution in [0.5, 0.6) is 6.08 Å². The van der Waals surface area contributed by atoms with Gasteiger partial charge in [-0.25, -0.2) is 4.79 Å². The van der Waals surface area contributed by atoms with Crippen molar-refractivity contribution >= 4 is 34.4 Å². The molecule has 0 aliphatic carbocycles. The number of carbonyl (C=O) groups excluding carboxylic acids is 1. The molecule has 1 aromatic carbocycles. The third-order valence-corrected chi connectivity index (χ3v) is 5.60. The van der Waals surface area contributed by atoms with Crippen molar-refractivity contribution in [3.63, 3.8) is 0 Å². The molecule has 0 radical (unpaired) electrons. The first-order valence-electron chi connectivity index (χ1n) is 10.6. The summed E-state index contributed by atoms with van der Waals surface area (Å²) in [5, 5.41) is 21.9. The Labute approximate surface area is 206 Å². The fraction of sp³-hybridized carbons (Fsp3) is 0.381. The van der Waals surface area contributed by atoms with Crippen LogP contribution in [0.1, 0.15) is 35.3 Å². The van der Waals surface area contributed by atoms with Crippen LogP contribution in [0.4, 0.5) is 18.0 Å². The van der Waals surface area contributed by atoms with Crippen LogP contribution in [0.2, 0.25) is 5.02 Å². The van der Waals surface area contributed by atoms with Crippen molar-refractivity contribution in [1.29, 1.82) is 0 Å². The number of rotatable bonds is 7. The van der Waals surface area contributed by atoms with Gasteiger partial charge in [0, 0.05) is 29.2 Å². The van der Waals surface area contributed by atoms with E-state index in [1.807, 2.05) is 0 Å². The minimum atomic E-state index is -4.79. The second-order valence-corrected chi connectivity index (χ2v) is 8.24. The van der Waals surface area contributed by atoms with Crippen molar-refractivity contribution in [2.24, 2.45) is 0 Å². The number of alkyl halides is 3. The molecule has 11 nitrogen and oxygen atoms in total. The number of nitrogens with zero attached hydrogens (tertiary/aromatic N) is 4. The second kappa shape index (κ2) is 10.5. The summed E-state index contributed by atoms with van der Waals surface area (Å²) in [5.74, 6) is -0.543. The number of piperidine rings is 1. The van der Waals surface area contributed by atoms with E-state index in [2.05, 4.69) is 25.2 Å². The highest BCUT2D eigenvalue weighted by Crippen LogP contribution is 2.31. The quantitative estimate of drug-likeness (QED) is 0.437. The van der Waals surface area contributed by atoms with Crippen molar-refractivity contribution < 1.29 is 41.8 Å². The number of pyridine rings is 1. The summed E-state index contributed by atoms with van der Waals surface area (Å²) >= 11 is 5.97. The Morgan fingerprint density at radius 3 is 2.75 bits per heavy atom. The summed E-state index contributed by atoms with van der Waals surface area (Å²) in [7, 11) is 0. The Morgan fingerprint density at radius 1 is 1.19 bits per heavy atom. The average Bonchev–Trinajstić information content (AvgIpc) is 3.29. The van der Waals surface area contributed by atoms with Crippen molar-refractivity contribution in [3.05, 3.63) is 47.1 Å². The molecular formula is C21H19ClF3N5O6. The van der Waals surface area contributed by atoms with Crippen LogP contribution in [-0.2, 0) is 4.74 Å². The number of hydrogen-bond donors (Lipinski definition) is 2. The van der Waals surface area contributed by atoms with Crippen LogP contribution < -0.4 is 10.1 Å². The van der Waals surface area contributed by atoms with Crippen molar-refractivity contribution in [2.45, 2.75) is 31.3 Å². The van der Waals surface area contributed by atoms with Gasteiger partial charge in [0.2, 0.25) is 5.89 Å². The molecule has 1 aliphatic heterocycles. The molecule has 0 spiro atoms. The molecule has 15 heteroatoms. The summed E-state index contributed by atoms with van der Waals surface area (Å²) in [6.07, 6.45) is -4.33. The maximum absolute atomic E-state index is 12.7. The summed E-state index contributed by atoms with van der Waals surface area (Å²) in [6.45, 7) is -1.35. The lowest BCUT2D eigenvalue weighted by atomic mass is 9.98. The standard InChI is InChI=1S/C21H19ClF3N5O6/c22-13-2-1-11-8-15(26-9-12(11)7-13)17(31)27-14-3-4-16(30(10-14)20(32)33)18-28-29-19(36-18)34-5-6-35-21(23,24)25/h1-2,7-9,14,16H,3-6,10H2,(H,27,31)(H,32,33)/t14-,16+/m0/s1. The molecule has 1 fully saturated rings. The van der Waals surface area contributed by atoms with Crippen LogP contribution in [0.15, 0.2) is 34.9 Å². The molecule has 0 saturated carbocycles. The highest BCUT2D eigenvalue weighted by molar-refractivity contribution is 6.31. The van der Waals surface area contributed by atoms with E-state index in [4.69, 9.17) is 20.8 Å². The zero-order valence-corrected chi connectivity index (χ0v) is 19.1. The van der Waals surface area contributed by atoms with E-state index < -0.39 is 49.7 Å². The van der Waals surface area contributed by atoms with Gasteiger partial charge in [-0.2, -0.15) is 0 Å². The number of carbonyl (C=O) groups is 2. The smallest absolute Gasteiger partial charge is 0.465 e. The minimum Gasteiger partial charge on any atom is -0.465 e. The number of aromatic nitrogens is 3. The van der Waals surface area contributed by atoms with Gasteiger partial charge in [-0.15, -0.1) is 18.3 Å². The highest BCUT2D eigenvalue weighted by Gasteiger charge is 2.37. The first-order chi connectivity index (χ1) is 17.1. The Bertz CT molecular complexity index is 1260. The minimum absolute atomic E-state index is 0.0626. The molecule has 0 bridgehead atoms. The molecule has 4 rings (SSSR count). The van der Waals surface area contributed by atoms with Crippen LogP contribution in [-0.4, -0.2) is 69.4 Å². The summed E-state index contributed by atoms with van der Waals surface area (Å²) < 4.78 is 49.8. The normalized spacial score (nSPS) is 18.3. The fourth-order valence-corrected chi connectivity index (χ4v) is 3.93. The van der Waals surface area contributed by atoms with Gasteiger partial charge in [-0.05, 0) is 36.4 Å². The van der Waals surface area contributed by atoms with E-state index in [0.717, 1.165) is 15.7 Å². The Morgan fingerprint density at radius 2 is 2.00 bits per heavy atom. The number of nitrogens with one attached hydrogen (secondary N) is 1. The van der Waals surface area contributed by atoms with Gasteiger partial charge in [-0.3, -0.25) is 19.4 Å². The predicted molar refractivity (Wildman–Crippen MR) is 117 cm³/mol. The van der Waals surface area contributed by atoms with E-state index in [1.165, 1.54) is 6.20 Å². The molecule has 192 valence electrons. The van der Waals surface area contributed by atoms with Gasteiger partial charge in [0.05, 0.1) is 6.61 Å². The number of likely N-dealkylation sites (tertiary alicyclic amines) is 1. The maximum atomic E-state index is 12.7. The van der Waals surface area contributed by atoms with Crippen molar-refractivity contribution in [1.82, 2.24) is 25.4 Å². The highest BCUT2D eigenvalue weighted by atomic mass is 35.5. The lowest BCUT2D eigenvalue weighted by Gasteiger charge is -2.36. The number of amides is 2. The Hall–Kier alpha value is -3.65. The van der Waals surface area contributed by atoms with E-state index in [0.29, 0.717) is 11.4 Å². The van der Waals surface area contributed by atoms with Gasteiger partial charge >= 0.3 is 18.5 Å². The Balaban J connectivity index is 1.36. The summed E-state index contributed by atoms with van der Waals surface area (Å²) in [6, 6.07) is 5.46. The zero-order chi connectivity index (χ0) is 25.9. The molecule has 2 N–H and O–H groups in total. The van der Waals surface area contributed by atoms with Gasteiger partial charge in [0.1, 0.15) is 18.3 Å². The van der Waals surface area contributed by atoms with E-state index >= 15 is 0 Å². The predicted octanol–water partition coefficient (Wildman–Crippen LogP) is 3.80.